The van der Waals surface area contributed by atoms with E-state index in [0.29, 0.717) is 22.2 Å². The minimum absolute atomic E-state index is 0.282. The molecule has 0 aliphatic rings. The molecular weight excluding hydrogens is 306 g/mol. The minimum atomic E-state index is -0.667. The number of ether oxygens (including phenoxy) is 1. The van der Waals surface area contributed by atoms with Gasteiger partial charge in [0.25, 0.3) is 0 Å². The van der Waals surface area contributed by atoms with Gasteiger partial charge in [0.1, 0.15) is 11.5 Å². The van der Waals surface area contributed by atoms with E-state index >= 15 is 0 Å². The molecule has 0 aliphatic carbocycles. The van der Waals surface area contributed by atoms with Crippen molar-refractivity contribution in [3.8, 4) is 11.5 Å². The molecule has 2 N–H and O–H groups in total. The Kier molecular flexibility index (Phi) is 4.69. The summed E-state index contributed by atoms with van der Waals surface area (Å²) in [4.78, 5) is 16.1. The molecular formula is C18H15N3O3. The standard InChI is InChI=1S/C18H15N3O3/c22-18(20-14-6-2-1-3-7-14)21(23)15-8-4-9-16(12-15)24-17-10-5-11-19-13-17/h1-13,23H,(H,20,22). The Morgan fingerprint density at radius 3 is 2.54 bits per heavy atom. The molecule has 0 atom stereocenters. The Morgan fingerprint density at radius 2 is 1.79 bits per heavy atom. The highest BCUT2D eigenvalue weighted by Gasteiger charge is 2.14. The zero-order valence-corrected chi connectivity index (χ0v) is 12.7. The molecule has 2 amide bonds. The van der Waals surface area contributed by atoms with Gasteiger partial charge in [-0.2, -0.15) is 5.06 Å². The Hall–Kier alpha value is -3.38. The first-order chi connectivity index (χ1) is 11.7. The number of carbonyl (C=O) groups excluding carboxylic acids is 1. The van der Waals surface area contributed by atoms with E-state index in [2.05, 4.69) is 10.3 Å². The first kappa shape index (κ1) is 15.5. The van der Waals surface area contributed by atoms with Gasteiger partial charge in [-0.1, -0.05) is 24.3 Å². The lowest BCUT2D eigenvalue weighted by Gasteiger charge is -2.16. The SMILES string of the molecule is O=C(Nc1ccccc1)N(O)c1cccc(Oc2cccnc2)c1. The number of amides is 2. The fourth-order valence-corrected chi connectivity index (χ4v) is 2.04. The predicted molar refractivity (Wildman–Crippen MR) is 90.5 cm³/mol. The molecule has 0 spiro atoms. The fraction of sp³-hybridized carbons (Fsp3) is 0. The van der Waals surface area contributed by atoms with Gasteiger partial charge in [-0.3, -0.25) is 10.2 Å². The van der Waals surface area contributed by atoms with Gasteiger partial charge in [-0.05, 0) is 36.4 Å². The molecule has 3 rings (SSSR count). The first-order valence-corrected chi connectivity index (χ1v) is 7.25. The summed E-state index contributed by atoms with van der Waals surface area (Å²) in [5.74, 6) is 1.04. The highest BCUT2D eigenvalue weighted by Crippen LogP contribution is 2.25. The molecule has 0 fully saturated rings. The lowest BCUT2D eigenvalue weighted by molar-refractivity contribution is 0.216. The van der Waals surface area contributed by atoms with Crippen molar-refractivity contribution in [3.63, 3.8) is 0 Å². The van der Waals surface area contributed by atoms with Crippen LogP contribution in [0.3, 0.4) is 0 Å². The Morgan fingerprint density at radius 1 is 1.00 bits per heavy atom. The number of hydrogen-bond acceptors (Lipinski definition) is 4. The highest BCUT2D eigenvalue weighted by atomic mass is 16.5. The van der Waals surface area contributed by atoms with Gasteiger partial charge < -0.3 is 10.1 Å². The lowest BCUT2D eigenvalue weighted by atomic mass is 10.3. The number of hydrogen-bond donors (Lipinski definition) is 2. The van der Waals surface area contributed by atoms with E-state index in [1.54, 1.807) is 73.1 Å². The number of aromatic nitrogens is 1. The van der Waals surface area contributed by atoms with Gasteiger partial charge in [-0.25, -0.2) is 4.79 Å². The number of pyridine rings is 1. The average Bonchev–Trinajstić information content (AvgIpc) is 2.63. The summed E-state index contributed by atoms with van der Waals surface area (Å²) in [5, 5.41) is 13.2. The summed E-state index contributed by atoms with van der Waals surface area (Å²) >= 11 is 0. The van der Waals surface area contributed by atoms with Crippen LogP contribution in [-0.4, -0.2) is 16.2 Å². The number of carbonyl (C=O) groups is 1. The van der Waals surface area contributed by atoms with Crippen molar-refractivity contribution in [1.82, 2.24) is 4.98 Å². The smallest absolute Gasteiger partial charge is 0.350 e. The normalized spacial score (nSPS) is 10.0. The number of nitrogens with zero attached hydrogens (tertiary/aromatic N) is 2. The molecule has 0 saturated heterocycles. The zero-order chi connectivity index (χ0) is 16.8. The van der Waals surface area contributed by atoms with E-state index in [4.69, 9.17) is 4.74 Å². The third kappa shape index (κ3) is 3.88. The number of urea groups is 1. The van der Waals surface area contributed by atoms with Crippen molar-refractivity contribution in [2.45, 2.75) is 0 Å². The summed E-state index contributed by atoms with van der Waals surface area (Å²) in [5.41, 5.74) is 0.870. The lowest BCUT2D eigenvalue weighted by Crippen LogP contribution is -2.31. The van der Waals surface area contributed by atoms with Crippen molar-refractivity contribution in [2.75, 3.05) is 10.4 Å². The topological polar surface area (TPSA) is 74.7 Å². The van der Waals surface area contributed by atoms with Crippen LogP contribution in [0.2, 0.25) is 0 Å². The Bertz CT molecular complexity index is 810. The van der Waals surface area contributed by atoms with Crippen LogP contribution in [0.4, 0.5) is 16.2 Å². The first-order valence-electron chi connectivity index (χ1n) is 7.25. The van der Waals surface area contributed by atoms with Crippen LogP contribution in [0.15, 0.2) is 79.1 Å². The van der Waals surface area contributed by atoms with E-state index in [-0.39, 0.29) is 5.69 Å². The maximum Gasteiger partial charge on any atom is 0.350 e. The summed E-state index contributed by atoms with van der Waals surface area (Å²) in [6.07, 6.45) is 3.22. The molecule has 24 heavy (non-hydrogen) atoms. The van der Waals surface area contributed by atoms with Crippen LogP contribution in [-0.2, 0) is 0 Å². The molecule has 0 aliphatic heterocycles. The van der Waals surface area contributed by atoms with Gasteiger partial charge in [0, 0.05) is 18.0 Å². The van der Waals surface area contributed by atoms with Crippen LogP contribution in [0.1, 0.15) is 0 Å². The molecule has 0 unspecified atom stereocenters. The van der Waals surface area contributed by atoms with Crippen LogP contribution in [0, 0.1) is 0 Å². The van der Waals surface area contributed by atoms with Crippen LogP contribution >= 0.6 is 0 Å². The Balaban J connectivity index is 1.72. The number of para-hydroxylation sites is 1. The number of rotatable bonds is 4. The molecule has 120 valence electrons. The monoisotopic (exact) mass is 321 g/mol. The quantitative estimate of drug-likeness (QED) is 0.555. The maximum absolute atomic E-state index is 12.1. The van der Waals surface area contributed by atoms with Crippen LogP contribution < -0.4 is 15.1 Å². The predicted octanol–water partition coefficient (Wildman–Crippen LogP) is 4.30. The van der Waals surface area contributed by atoms with Gasteiger partial charge >= 0.3 is 6.03 Å². The molecule has 0 saturated carbocycles. The Labute approximate surface area is 138 Å². The van der Waals surface area contributed by atoms with E-state index in [1.165, 1.54) is 0 Å². The van der Waals surface area contributed by atoms with Crippen molar-refractivity contribution < 1.29 is 14.7 Å². The highest BCUT2D eigenvalue weighted by molar-refractivity contribution is 5.99. The molecule has 1 aromatic heterocycles. The van der Waals surface area contributed by atoms with Crippen LogP contribution in [0.25, 0.3) is 0 Å². The van der Waals surface area contributed by atoms with Gasteiger partial charge in [-0.15, -0.1) is 0 Å². The second kappa shape index (κ2) is 7.26. The average molecular weight is 321 g/mol. The third-order valence-electron chi connectivity index (χ3n) is 3.15. The summed E-state index contributed by atoms with van der Waals surface area (Å²) in [6.45, 7) is 0. The van der Waals surface area contributed by atoms with Crippen LogP contribution in [0.5, 0.6) is 11.5 Å². The summed E-state index contributed by atoms with van der Waals surface area (Å²) in [6, 6.07) is 18.3. The third-order valence-corrected chi connectivity index (χ3v) is 3.15. The largest absolute Gasteiger partial charge is 0.456 e. The number of hydroxylamine groups is 1. The van der Waals surface area contributed by atoms with E-state index in [0.717, 1.165) is 0 Å². The summed E-state index contributed by atoms with van der Waals surface area (Å²) in [7, 11) is 0. The van der Waals surface area contributed by atoms with E-state index in [1.807, 2.05) is 6.07 Å². The molecule has 3 aromatic rings. The molecule has 0 bridgehead atoms. The second-order valence-corrected chi connectivity index (χ2v) is 4.90. The van der Waals surface area contributed by atoms with Crippen molar-refractivity contribution >= 4 is 17.4 Å². The van der Waals surface area contributed by atoms with Crippen molar-refractivity contribution in [3.05, 3.63) is 79.1 Å². The molecule has 0 radical (unpaired) electrons. The molecule has 2 aromatic carbocycles. The van der Waals surface area contributed by atoms with E-state index in [9.17, 15) is 10.0 Å². The maximum atomic E-state index is 12.1. The molecule has 6 nitrogen and oxygen atoms in total. The van der Waals surface area contributed by atoms with Gasteiger partial charge in [0.05, 0.1) is 11.9 Å². The second-order valence-electron chi connectivity index (χ2n) is 4.90. The number of nitrogens with one attached hydrogen (secondary N) is 1. The summed E-state index contributed by atoms with van der Waals surface area (Å²) < 4.78 is 5.64. The van der Waals surface area contributed by atoms with Crippen molar-refractivity contribution in [2.24, 2.45) is 0 Å². The minimum Gasteiger partial charge on any atom is -0.456 e. The van der Waals surface area contributed by atoms with Crippen molar-refractivity contribution in [1.29, 1.82) is 0 Å². The number of anilines is 2. The molecule has 6 heteroatoms. The van der Waals surface area contributed by atoms with Gasteiger partial charge in [0.15, 0.2) is 0 Å². The molecule has 1 heterocycles. The van der Waals surface area contributed by atoms with Gasteiger partial charge in [0.2, 0.25) is 0 Å². The fourth-order valence-electron chi connectivity index (χ4n) is 2.04. The van der Waals surface area contributed by atoms with E-state index < -0.39 is 6.03 Å². The number of benzene rings is 2. The zero-order valence-electron chi connectivity index (χ0n) is 12.7.